The average molecular weight is 260 g/mol. The normalized spacial score (nSPS) is 10.6. The Morgan fingerprint density at radius 1 is 1.50 bits per heavy atom. The van der Waals surface area contributed by atoms with Crippen molar-refractivity contribution in [2.24, 2.45) is 0 Å². The van der Waals surface area contributed by atoms with Gasteiger partial charge in [-0.2, -0.15) is 0 Å². The number of alkyl halides is 2. The number of halogens is 2. The molecule has 0 bridgehead atoms. The summed E-state index contributed by atoms with van der Waals surface area (Å²) < 4.78 is 28.2. The lowest BCUT2D eigenvalue weighted by Gasteiger charge is -2.10. The third kappa shape index (κ3) is 4.54. The van der Waals surface area contributed by atoms with Gasteiger partial charge in [-0.25, -0.2) is 13.6 Å². The van der Waals surface area contributed by atoms with Gasteiger partial charge in [-0.3, -0.25) is 0 Å². The van der Waals surface area contributed by atoms with Crippen molar-refractivity contribution in [1.29, 1.82) is 0 Å². The highest BCUT2D eigenvalue weighted by atomic mass is 19.3. The maximum Gasteiger partial charge on any atom is 0.335 e. The predicted molar refractivity (Wildman–Crippen MR) is 63.1 cm³/mol. The molecular weight excluding hydrogens is 246 g/mol. The van der Waals surface area contributed by atoms with Crippen LogP contribution in [0.5, 0.6) is 0 Å². The molecule has 100 valence electrons. The molecule has 4 N–H and O–H groups in total. The lowest BCUT2D eigenvalue weighted by Crippen LogP contribution is -2.14. The summed E-state index contributed by atoms with van der Waals surface area (Å²) in [5.74, 6) is -1.06. The first-order chi connectivity index (χ1) is 8.50. The molecule has 1 rings (SSSR count). The van der Waals surface area contributed by atoms with Crippen LogP contribution in [-0.2, 0) is 4.74 Å². The standard InChI is InChI=1S/C11H14F2N2O3/c12-10(13)6-18-4-3-15-9-2-1-7(11(16)17)5-8(9)14/h1-2,5,10,15H,3-4,6,14H2,(H,16,17). The van der Waals surface area contributed by atoms with Crippen molar-refractivity contribution in [3.05, 3.63) is 23.8 Å². The molecule has 1 aromatic rings. The molecule has 1 aromatic carbocycles. The zero-order valence-electron chi connectivity index (χ0n) is 9.53. The molecular formula is C11H14F2N2O3. The number of carboxylic acids is 1. The molecule has 0 aliphatic heterocycles. The van der Waals surface area contributed by atoms with Gasteiger partial charge in [-0.15, -0.1) is 0 Å². The number of carbonyl (C=O) groups is 1. The summed E-state index contributed by atoms with van der Waals surface area (Å²) in [5, 5.41) is 11.6. The third-order valence-electron chi connectivity index (χ3n) is 2.10. The molecule has 0 aliphatic carbocycles. The fraction of sp³-hybridized carbons (Fsp3) is 0.364. The Morgan fingerprint density at radius 3 is 2.78 bits per heavy atom. The van der Waals surface area contributed by atoms with Crippen LogP contribution in [-0.4, -0.2) is 37.3 Å². The number of nitrogen functional groups attached to an aromatic ring is 1. The summed E-state index contributed by atoms with van der Waals surface area (Å²) in [5.41, 5.74) is 6.55. The Labute approximate surface area is 103 Å². The molecule has 0 saturated carbocycles. The summed E-state index contributed by atoms with van der Waals surface area (Å²) in [6.07, 6.45) is -2.48. The Kier molecular flexibility index (Phi) is 5.31. The van der Waals surface area contributed by atoms with E-state index in [0.717, 1.165) is 0 Å². The summed E-state index contributed by atoms with van der Waals surface area (Å²) in [6, 6.07) is 4.25. The maximum absolute atomic E-state index is 11.7. The fourth-order valence-corrected chi connectivity index (χ4v) is 1.29. The lowest BCUT2D eigenvalue weighted by molar-refractivity contribution is 0.0215. The van der Waals surface area contributed by atoms with Crippen LogP contribution in [0.4, 0.5) is 20.2 Å². The quantitative estimate of drug-likeness (QED) is 0.513. The van der Waals surface area contributed by atoms with Crippen LogP contribution in [0.25, 0.3) is 0 Å². The van der Waals surface area contributed by atoms with Crippen molar-refractivity contribution < 1.29 is 23.4 Å². The number of nitrogens with one attached hydrogen (secondary N) is 1. The van der Waals surface area contributed by atoms with E-state index in [9.17, 15) is 13.6 Å². The van der Waals surface area contributed by atoms with Crippen LogP contribution in [0.15, 0.2) is 18.2 Å². The van der Waals surface area contributed by atoms with Crippen LogP contribution < -0.4 is 11.1 Å². The number of hydrogen-bond donors (Lipinski definition) is 3. The van der Waals surface area contributed by atoms with Gasteiger partial charge >= 0.3 is 5.97 Å². The highest BCUT2D eigenvalue weighted by Crippen LogP contribution is 2.19. The van der Waals surface area contributed by atoms with Crippen molar-refractivity contribution >= 4 is 17.3 Å². The van der Waals surface area contributed by atoms with Crippen molar-refractivity contribution in [2.45, 2.75) is 6.43 Å². The number of aromatic carboxylic acids is 1. The number of nitrogens with two attached hydrogens (primary N) is 1. The number of rotatable bonds is 7. The van der Waals surface area contributed by atoms with Crippen LogP contribution in [0, 0.1) is 0 Å². The largest absolute Gasteiger partial charge is 0.478 e. The summed E-state index contributed by atoms with van der Waals surface area (Å²) in [4.78, 5) is 10.7. The molecule has 0 atom stereocenters. The molecule has 0 fully saturated rings. The first kappa shape index (κ1) is 14.2. The van der Waals surface area contributed by atoms with Gasteiger partial charge in [0.05, 0.1) is 23.5 Å². The van der Waals surface area contributed by atoms with Crippen LogP contribution in [0.2, 0.25) is 0 Å². The topological polar surface area (TPSA) is 84.6 Å². The van der Waals surface area contributed by atoms with E-state index in [1.165, 1.54) is 18.2 Å². The Balaban J connectivity index is 2.41. The van der Waals surface area contributed by atoms with Gasteiger partial charge in [0.25, 0.3) is 6.43 Å². The first-order valence-electron chi connectivity index (χ1n) is 5.23. The monoisotopic (exact) mass is 260 g/mol. The van der Waals surface area contributed by atoms with Crippen LogP contribution in [0.3, 0.4) is 0 Å². The predicted octanol–water partition coefficient (Wildman–Crippen LogP) is 1.66. The lowest BCUT2D eigenvalue weighted by atomic mass is 10.2. The Hall–Kier alpha value is -1.89. The number of benzene rings is 1. The van der Waals surface area contributed by atoms with E-state index in [4.69, 9.17) is 10.8 Å². The third-order valence-corrected chi connectivity index (χ3v) is 2.10. The van der Waals surface area contributed by atoms with E-state index in [-0.39, 0.29) is 17.9 Å². The molecule has 0 aromatic heterocycles. The van der Waals surface area contributed by atoms with Crippen LogP contribution >= 0.6 is 0 Å². The zero-order valence-corrected chi connectivity index (χ0v) is 9.53. The van der Waals surface area contributed by atoms with E-state index in [2.05, 4.69) is 10.1 Å². The second-order valence-corrected chi connectivity index (χ2v) is 3.50. The number of ether oxygens (including phenoxy) is 1. The molecule has 7 heteroatoms. The summed E-state index contributed by atoms with van der Waals surface area (Å²) in [6.45, 7) is -0.178. The minimum Gasteiger partial charge on any atom is -0.478 e. The minimum atomic E-state index is -2.48. The zero-order chi connectivity index (χ0) is 13.5. The number of anilines is 2. The molecule has 0 radical (unpaired) electrons. The average Bonchev–Trinajstić information content (AvgIpc) is 2.29. The molecule has 0 aliphatic rings. The molecule has 18 heavy (non-hydrogen) atoms. The number of hydrogen-bond acceptors (Lipinski definition) is 4. The molecule has 0 unspecified atom stereocenters. The fourth-order valence-electron chi connectivity index (χ4n) is 1.29. The second-order valence-electron chi connectivity index (χ2n) is 3.50. The van der Waals surface area contributed by atoms with Crippen molar-refractivity contribution in [3.63, 3.8) is 0 Å². The Bertz CT molecular complexity index is 413. The summed E-state index contributed by atoms with van der Waals surface area (Å²) >= 11 is 0. The van der Waals surface area contributed by atoms with Gasteiger partial charge in [0.1, 0.15) is 6.61 Å². The molecule has 5 nitrogen and oxygen atoms in total. The molecule has 0 heterocycles. The van der Waals surface area contributed by atoms with Gasteiger partial charge in [0, 0.05) is 6.54 Å². The van der Waals surface area contributed by atoms with Crippen LogP contribution in [0.1, 0.15) is 10.4 Å². The smallest absolute Gasteiger partial charge is 0.335 e. The summed E-state index contributed by atoms with van der Waals surface area (Å²) in [7, 11) is 0. The van der Waals surface area contributed by atoms with Gasteiger partial charge in [-0.05, 0) is 18.2 Å². The highest BCUT2D eigenvalue weighted by molar-refractivity contribution is 5.90. The Morgan fingerprint density at radius 2 is 2.22 bits per heavy atom. The SMILES string of the molecule is Nc1cc(C(=O)O)ccc1NCCOCC(F)F. The van der Waals surface area contributed by atoms with Gasteiger partial charge in [0.2, 0.25) is 0 Å². The van der Waals surface area contributed by atoms with E-state index >= 15 is 0 Å². The molecule has 0 saturated heterocycles. The van der Waals surface area contributed by atoms with Gasteiger partial charge in [0.15, 0.2) is 0 Å². The minimum absolute atomic E-state index is 0.0898. The second kappa shape index (κ2) is 6.75. The van der Waals surface area contributed by atoms with Gasteiger partial charge in [-0.1, -0.05) is 0 Å². The van der Waals surface area contributed by atoms with Gasteiger partial charge < -0.3 is 20.9 Å². The van der Waals surface area contributed by atoms with E-state index in [1.54, 1.807) is 0 Å². The van der Waals surface area contributed by atoms with E-state index in [0.29, 0.717) is 12.2 Å². The van der Waals surface area contributed by atoms with E-state index in [1.807, 2.05) is 0 Å². The highest BCUT2D eigenvalue weighted by Gasteiger charge is 2.06. The maximum atomic E-state index is 11.7. The first-order valence-corrected chi connectivity index (χ1v) is 5.23. The molecule has 0 amide bonds. The van der Waals surface area contributed by atoms with Crippen molar-refractivity contribution in [3.8, 4) is 0 Å². The molecule has 0 spiro atoms. The van der Waals surface area contributed by atoms with Crippen molar-refractivity contribution in [1.82, 2.24) is 0 Å². The van der Waals surface area contributed by atoms with E-state index < -0.39 is 19.0 Å². The van der Waals surface area contributed by atoms with Crippen molar-refractivity contribution in [2.75, 3.05) is 30.8 Å². The number of carboxylic acid groups (broad SMARTS) is 1.